The van der Waals surface area contributed by atoms with E-state index in [0.29, 0.717) is 6.54 Å². The maximum Gasteiger partial charge on any atom is 0.242 e. The molecule has 106 valence electrons. The molecule has 4 N–H and O–H groups in total. The van der Waals surface area contributed by atoms with Crippen LogP contribution in [-0.2, 0) is 10.0 Å². The smallest absolute Gasteiger partial charge is 0.242 e. The molecule has 0 aliphatic heterocycles. The van der Waals surface area contributed by atoms with Crippen LogP contribution >= 0.6 is 0 Å². The number of nitrogens with two attached hydrogens (primary N) is 1. The summed E-state index contributed by atoms with van der Waals surface area (Å²) in [5.41, 5.74) is 5.43. The van der Waals surface area contributed by atoms with Gasteiger partial charge < -0.3 is 10.8 Å². The van der Waals surface area contributed by atoms with Crippen LogP contribution in [-0.4, -0.2) is 31.7 Å². The van der Waals surface area contributed by atoms with E-state index < -0.39 is 10.0 Å². The average Bonchev–Trinajstić information content (AvgIpc) is 2.84. The fourth-order valence-electron chi connectivity index (χ4n) is 2.47. The van der Waals surface area contributed by atoms with Crippen LogP contribution < -0.4 is 10.5 Å². The number of nitrogen functional groups attached to an aromatic ring is 1. The summed E-state index contributed by atoms with van der Waals surface area (Å²) in [5, 5.41) is 9.21. The van der Waals surface area contributed by atoms with Gasteiger partial charge in [-0.3, -0.25) is 0 Å². The topological polar surface area (TPSA) is 105 Å². The minimum atomic E-state index is -3.55. The quantitative estimate of drug-likeness (QED) is 0.724. The molecule has 1 saturated carbocycles. The van der Waals surface area contributed by atoms with Crippen molar-refractivity contribution in [3.05, 3.63) is 18.3 Å². The highest BCUT2D eigenvalue weighted by Crippen LogP contribution is 2.30. The summed E-state index contributed by atoms with van der Waals surface area (Å²) in [4.78, 5) is 3.89. The zero-order valence-electron chi connectivity index (χ0n) is 10.6. The van der Waals surface area contributed by atoms with Gasteiger partial charge in [0.05, 0.1) is 0 Å². The fraction of sp³-hybridized carbons (Fsp3) is 0.583. The van der Waals surface area contributed by atoms with Crippen molar-refractivity contribution in [2.45, 2.75) is 24.2 Å². The second kappa shape index (κ2) is 5.85. The fourth-order valence-corrected chi connectivity index (χ4v) is 3.51. The van der Waals surface area contributed by atoms with Gasteiger partial charge >= 0.3 is 0 Å². The number of aliphatic hydroxyl groups excluding tert-OH is 1. The van der Waals surface area contributed by atoms with Gasteiger partial charge in [0.25, 0.3) is 0 Å². The zero-order valence-corrected chi connectivity index (χ0v) is 11.4. The molecule has 2 atom stereocenters. The number of nitrogens with one attached hydrogen (secondary N) is 1. The molecule has 2 rings (SSSR count). The van der Waals surface area contributed by atoms with Crippen LogP contribution in [0.1, 0.15) is 19.3 Å². The normalized spacial score (nSPS) is 23.6. The van der Waals surface area contributed by atoms with Crippen molar-refractivity contribution in [2.75, 3.05) is 18.9 Å². The molecule has 0 aromatic carbocycles. The van der Waals surface area contributed by atoms with E-state index in [0.717, 1.165) is 19.3 Å². The lowest BCUT2D eigenvalue weighted by atomic mass is 9.97. The van der Waals surface area contributed by atoms with Gasteiger partial charge in [-0.15, -0.1) is 0 Å². The molecule has 19 heavy (non-hydrogen) atoms. The van der Waals surface area contributed by atoms with E-state index >= 15 is 0 Å². The Morgan fingerprint density at radius 2 is 2.11 bits per heavy atom. The number of hydrogen-bond donors (Lipinski definition) is 3. The highest BCUT2D eigenvalue weighted by atomic mass is 32.2. The third-order valence-electron chi connectivity index (χ3n) is 3.66. The third-order valence-corrected chi connectivity index (χ3v) is 5.06. The number of hydrogen-bond acceptors (Lipinski definition) is 5. The first-order chi connectivity index (χ1) is 9.03. The number of rotatable bonds is 5. The Balaban J connectivity index is 2.00. The van der Waals surface area contributed by atoms with Crippen molar-refractivity contribution in [1.82, 2.24) is 9.71 Å². The predicted octanol–water partition coefficient (Wildman–Crippen LogP) is 0.351. The van der Waals surface area contributed by atoms with Gasteiger partial charge in [-0.05, 0) is 36.8 Å². The van der Waals surface area contributed by atoms with Crippen LogP contribution in [0.3, 0.4) is 0 Å². The second-order valence-corrected chi connectivity index (χ2v) is 6.67. The van der Waals surface area contributed by atoms with E-state index in [1.807, 2.05) is 0 Å². The summed E-state index contributed by atoms with van der Waals surface area (Å²) >= 11 is 0. The monoisotopic (exact) mass is 285 g/mol. The Bertz CT molecular complexity index is 516. The standard InChI is InChI=1S/C12H19N3O3S/c13-12-5-4-11(7-14-12)19(17,18)15-6-9-2-1-3-10(9)8-16/h4-5,7,9-10,15-16H,1-3,6,8H2,(H2,13,14). The van der Waals surface area contributed by atoms with Crippen molar-refractivity contribution in [1.29, 1.82) is 0 Å². The molecule has 1 aliphatic carbocycles. The first-order valence-corrected chi connectivity index (χ1v) is 7.83. The second-order valence-electron chi connectivity index (χ2n) is 4.90. The molecule has 0 saturated heterocycles. The summed E-state index contributed by atoms with van der Waals surface area (Å²) in [6.07, 6.45) is 4.21. The number of anilines is 1. The molecule has 1 heterocycles. The third kappa shape index (κ3) is 3.43. The number of sulfonamides is 1. The van der Waals surface area contributed by atoms with E-state index in [1.165, 1.54) is 18.3 Å². The van der Waals surface area contributed by atoms with Crippen molar-refractivity contribution >= 4 is 15.8 Å². The van der Waals surface area contributed by atoms with Crippen LogP contribution in [0, 0.1) is 11.8 Å². The average molecular weight is 285 g/mol. The number of aliphatic hydroxyl groups is 1. The molecule has 0 amide bonds. The molecule has 7 heteroatoms. The Labute approximate surface area is 113 Å². The Morgan fingerprint density at radius 1 is 1.37 bits per heavy atom. The molecule has 1 fully saturated rings. The molecule has 1 aromatic rings. The number of aromatic nitrogens is 1. The molecule has 0 spiro atoms. The minimum Gasteiger partial charge on any atom is -0.396 e. The molecule has 1 aromatic heterocycles. The SMILES string of the molecule is Nc1ccc(S(=O)(=O)NCC2CCCC2CO)cn1. The van der Waals surface area contributed by atoms with Crippen LogP contribution in [0.15, 0.2) is 23.2 Å². The lowest BCUT2D eigenvalue weighted by Gasteiger charge is -2.17. The van der Waals surface area contributed by atoms with Crippen molar-refractivity contribution < 1.29 is 13.5 Å². The summed E-state index contributed by atoms with van der Waals surface area (Å²) in [7, 11) is -3.55. The maximum atomic E-state index is 12.0. The van der Waals surface area contributed by atoms with Crippen LogP contribution in [0.5, 0.6) is 0 Å². The molecule has 1 aliphatic rings. The van der Waals surface area contributed by atoms with Crippen molar-refractivity contribution in [3.8, 4) is 0 Å². The minimum absolute atomic E-state index is 0.111. The van der Waals surface area contributed by atoms with Gasteiger partial charge in [0.2, 0.25) is 10.0 Å². The first-order valence-electron chi connectivity index (χ1n) is 6.35. The number of pyridine rings is 1. The van der Waals surface area contributed by atoms with Gasteiger partial charge in [-0.2, -0.15) is 0 Å². The molecule has 2 unspecified atom stereocenters. The first kappa shape index (κ1) is 14.2. The summed E-state index contributed by atoms with van der Waals surface area (Å²) < 4.78 is 26.7. The molecule has 0 radical (unpaired) electrons. The van der Waals surface area contributed by atoms with Gasteiger partial charge in [0.15, 0.2) is 0 Å². The summed E-state index contributed by atoms with van der Waals surface area (Å²) in [6, 6.07) is 2.89. The van der Waals surface area contributed by atoms with E-state index in [4.69, 9.17) is 5.73 Å². The Hall–Kier alpha value is -1.18. The van der Waals surface area contributed by atoms with Gasteiger partial charge in [-0.1, -0.05) is 6.42 Å². The summed E-state index contributed by atoms with van der Waals surface area (Å²) in [5.74, 6) is 0.698. The largest absolute Gasteiger partial charge is 0.396 e. The van der Waals surface area contributed by atoms with E-state index in [1.54, 1.807) is 0 Å². The van der Waals surface area contributed by atoms with Gasteiger partial charge in [0, 0.05) is 19.3 Å². The van der Waals surface area contributed by atoms with Gasteiger partial charge in [-0.25, -0.2) is 18.1 Å². The van der Waals surface area contributed by atoms with Crippen molar-refractivity contribution in [3.63, 3.8) is 0 Å². The maximum absolute atomic E-state index is 12.0. The van der Waals surface area contributed by atoms with Gasteiger partial charge in [0.1, 0.15) is 10.7 Å². The molecular weight excluding hydrogens is 266 g/mol. The van der Waals surface area contributed by atoms with Crippen LogP contribution in [0.25, 0.3) is 0 Å². The Morgan fingerprint density at radius 3 is 2.74 bits per heavy atom. The van der Waals surface area contributed by atoms with Crippen molar-refractivity contribution in [2.24, 2.45) is 11.8 Å². The summed E-state index contributed by atoms with van der Waals surface area (Å²) in [6.45, 7) is 0.480. The highest BCUT2D eigenvalue weighted by Gasteiger charge is 2.28. The molecule has 6 nitrogen and oxygen atoms in total. The lowest BCUT2D eigenvalue weighted by Crippen LogP contribution is -2.31. The number of nitrogens with zero attached hydrogens (tertiary/aromatic N) is 1. The van der Waals surface area contributed by atoms with Crippen LogP contribution in [0.2, 0.25) is 0 Å². The Kier molecular flexibility index (Phi) is 4.38. The highest BCUT2D eigenvalue weighted by molar-refractivity contribution is 7.89. The predicted molar refractivity (Wildman–Crippen MR) is 71.8 cm³/mol. The zero-order chi connectivity index (χ0) is 13.9. The van der Waals surface area contributed by atoms with E-state index in [2.05, 4.69) is 9.71 Å². The lowest BCUT2D eigenvalue weighted by molar-refractivity contribution is 0.195. The van der Waals surface area contributed by atoms with Crippen LogP contribution in [0.4, 0.5) is 5.82 Å². The molecular formula is C12H19N3O3S. The molecule has 0 bridgehead atoms. The van der Waals surface area contributed by atoms with E-state index in [9.17, 15) is 13.5 Å². The van der Waals surface area contributed by atoms with E-state index in [-0.39, 0.29) is 29.2 Å².